The Hall–Kier alpha value is -0.945. The van der Waals surface area contributed by atoms with E-state index in [0.717, 1.165) is 0 Å². The smallest absolute Gasteiger partial charge is 0.398 e. The summed E-state index contributed by atoms with van der Waals surface area (Å²) in [6, 6.07) is 1.72. The summed E-state index contributed by atoms with van der Waals surface area (Å²) < 4.78 is 11.8. The standard InChI is InChI=1S/C13H20BNO4/c1-12(2)13(3,4)19-14(18-12)11-5-9(7-16)10(8-17)6-15-11/h5-6,16-17H,7-8H2,1-4H3. The molecule has 6 heteroatoms. The molecule has 2 heterocycles. The topological polar surface area (TPSA) is 71.8 Å². The van der Waals surface area contributed by atoms with Crippen molar-refractivity contribution in [1.82, 2.24) is 4.98 Å². The van der Waals surface area contributed by atoms with Crippen molar-refractivity contribution < 1.29 is 19.5 Å². The molecule has 0 aromatic carbocycles. The summed E-state index contributed by atoms with van der Waals surface area (Å²) in [5.41, 5.74) is 1.02. The fraction of sp³-hybridized carbons (Fsp3) is 0.615. The fourth-order valence-electron chi connectivity index (χ4n) is 1.93. The molecule has 1 saturated heterocycles. The number of aromatic nitrogens is 1. The minimum atomic E-state index is -0.553. The predicted molar refractivity (Wildman–Crippen MR) is 71.8 cm³/mol. The van der Waals surface area contributed by atoms with Gasteiger partial charge in [-0.2, -0.15) is 0 Å². The van der Waals surface area contributed by atoms with Crippen LogP contribution >= 0.6 is 0 Å². The van der Waals surface area contributed by atoms with Crippen LogP contribution in [0.1, 0.15) is 38.8 Å². The molecule has 5 nitrogen and oxygen atoms in total. The quantitative estimate of drug-likeness (QED) is 0.772. The molecular formula is C13H20BNO4. The van der Waals surface area contributed by atoms with Crippen molar-refractivity contribution in [1.29, 1.82) is 0 Å². The highest BCUT2D eigenvalue weighted by Crippen LogP contribution is 2.36. The first kappa shape index (κ1) is 14.5. The van der Waals surface area contributed by atoms with Crippen LogP contribution in [0.3, 0.4) is 0 Å². The molecular weight excluding hydrogens is 245 g/mol. The van der Waals surface area contributed by atoms with Crippen molar-refractivity contribution in [2.45, 2.75) is 52.1 Å². The largest absolute Gasteiger partial charge is 0.514 e. The van der Waals surface area contributed by atoms with E-state index in [-0.39, 0.29) is 13.2 Å². The minimum absolute atomic E-state index is 0.146. The van der Waals surface area contributed by atoms with Gasteiger partial charge in [0.2, 0.25) is 0 Å². The molecule has 2 N–H and O–H groups in total. The van der Waals surface area contributed by atoms with E-state index in [1.54, 1.807) is 12.3 Å². The highest BCUT2D eigenvalue weighted by atomic mass is 16.7. The van der Waals surface area contributed by atoms with Crippen molar-refractivity contribution in [2.75, 3.05) is 0 Å². The second kappa shape index (κ2) is 4.87. The molecule has 1 aromatic rings. The predicted octanol–water partition coefficient (Wildman–Crippen LogP) is 0.365. The first-order valence-corrected chi connectivity index (χ1v) is 6.36. The summed E-state index contributed by atoms with van der Waals surface area (Å²) in [5, 5.41) is 18.5. The number of hydrogen-bond acceptors (Lipinski definition) is 5. The molecule has 0 atom stereocenters. The maximum Gasteiger partial charge on any atom is 0.514 e. The molecule has 0 aliphatic carbocycles. The van der Waals surface area contributed by atoms with Gasteiger partial charge in [0.1, 0.15) is 0 Å². The molecule has 1 fully saturated rings. The van der Waals surface area contributed by atoms with Crippen LogP contribution in [-0.2, 0) is 22.5 Å². The summed E-state index contributed by atoms with van der Waals surface area (Å²) in [7, 11) is -0.553. The van der Waals surface area contributed by atoms with Gasteiger partial charge in [-0.15, -0.1) is 0 Å². The van der Waals surface area contributed by atoms with E-state index in [1.165, 1.54) is 0 Å². The van der Waals surface area contributed by atoms with Gasteiger partial charge in [-0.05, 0) is 39.3 Å². The van der Waals surface area contributed by atoms with Gasteiger partial charge < -0.3 is 19.5 Å². The Kier molecular flexibility index (Phi) is 3.70. The van der Waals surface area contributed by atoms with Crippen LogP contribution in [0.2, 0.25) is 0 Å². The minimum Gasteiger partial charge on any atom is -0.398 e. The Labute approximate surface area is 113 Å². The normalized spacial score (nSPS) is 20.8. The molecule has 0 unspecified atom stereocenters. The number of aliphatic hydroxyl groups is 2. The zero-order chi connectivity index (χ0) is 14.3. The van der Waals surface area contributed by atoms with Crippen molar-refractivity contribution in [3.05, 3.63) is 23.4 Å². The zero-order valence-corrected chi connectivity index (χ0v) is 11.8. The van der Waals surface area contributed by atoms with Crippen LogP contribution in [0.25, 0.3) is 0 Å². The number of aliphatic hydroxyl groups excluding tert-OH is 2. The number of hydrogen-bond donors (Lipinski definition) is 2. The maximum atomic E-state index is 9.30. The van der Waals surface area contributed by atoms with Crippen LogP contribution in [0.4, 0.5) is 0 Å². The van der Waals surface area contributed by atoms with Gasteiger partial charge in [-0.3, -0.25) is 4.98 Å². The molecule has 1 aliphatic heterocycles. The molecule has 0 amide bonds. The molecule has 19 heavy (non-hydrogen) atoms. The summed E-state index contributed by atoms with van der Waals surface area (Å²) >= 11 is 0. The summed E-state index contributed by atoms with van der Waals surface area (Å²) in [6.45, 7) is 7.60. The van der Waals surface area contributed by atoms with Crippen molar-refractivity contribution in [3.63, 3.8) is 0 Å². The van der Waals surface area contributed by atoms with Gasteiger partial charge >= 0.3 is 7.12 Å². The van der Waals surface area contributed by atoms with Crippen LogP contribution in [0, 0.1) is 0 Å². The number of nitrogens with zero attached hydrogens (tertiary/aromatic N) is 1. The highest BCUT2D eigenvalue weighted by Gasteiger charge is 2.52. The Balaban J connectivity index is 2.30. The van der Waals surface area contributed by atoms with Gasteiger partial charge in [0, 0.05) is 11.8 Å². The lowest BCUT2D eigenvalue weighted by molar-refractivity contribution is 0.00578. The zero-order valence-electron chi connectivity index (χ0n) is 11.8. The van der Waals surface area contributed by atoms with E-state index in [1.807, 2.05) is 27.7 Å². The third kappa shape index (κ3) is 2.53. The average molecular weight is 265 g/mol. The maximum absolute atomic E-state index is 9.30. The third-order valence-electron chi connectivity index (χ3n) is 3.94. The molecule has 0 bridgehead atoms. The summed E-state index contributed by atoms with van der Waals surface area (Å²) in [5.74, 6) is 0. The van der Waals surface area contributed by atoms with Gasteiger partial charge in [-0.25, -0.2) is 0 Å². The molecule has 1 aliphatic rings. The Bertz CT molecular complexity index is 460. The second-order valence-corrected chi connectivity index (χ2v) is 5.78. The van der Waals surface area contributed by atoms with Crippen LogP contribution in [0.15, 0.2) is 12.3 Å². The lowest BCUT2D eigenvalue weighted by Gasteiger charge is -2.32. The SMILES string of the molecule is CC1(C)OB(c2cc(CO)c(CO)cn2)OC1(C)C. The van der Waals surface area contributed by atoms with Crippen LogP contribution < -0.4 is 5.59 Å². The van der Waals surface area contributed by atoms with Gasteiger partial charge in [-0.1, -0.05) is 0 Å². The summed E-state index contributed by atoms with van der Waals surface area (Å²) in [6.07, 6.45) is 1.55. The number of rotatable bonds is 3. The Morgan fingerprint density at radius 2 is 1.58 bits per heavy atom. The van der Waals surface area contributed by atoms with Gasteiger partial charge in [0.25, 0.3) is 0 Å². The van der Waals surface area contributed by atoms with Crippen LogP contribution in [-0.4, -0.2) is 33.5 Å². The fourth-order valence-corrected chi connectivity index (χ4v) is 1.93. The second-order valence-electron chi connectivity index (χ2n) is 5.78. The van der Waals surface area contributed by atoms with E-state index < -0.39 is 18.3 Å². The van der Waals surface area contributed by atoms with E-state index in [0.29, 0.717) is 16.7 Å². The Morgan fingerprint density at radius 1 is 1.05 bits per heavy atom. The van der Waals surface area contributed by atoms with Gasteiger partial charge in [0.15, 0.2) is 0 Å². The third-order valence-corrected chi connectivity index (χ3v) is 3.94. The molecule has 0 spiro atoms. The first-order chi connectivity index (χ1) is 8.80. The summed E-state index contributed by atoms with van der Waals surface area (Å²) in [4.78, 5) is 4.25. The molecule has 0 saturated carbocycles. The van der Waals surface area contributed by atoms with Crippen molar-refractivity contribution >= 4 is 12.7 Å². The average Bonchev–Trinajstić information content (AvgIpc) is 2.57. The van der Waals surface area contributed by atoms with Crippen LogP contribution in [0.5, 0.6) is 0 Å². The van der Waals surface area contributed by atoms with E-state index in [9.17, 15) is 5.11 Å². The van der Waals surface area contributed by atoms with E-state index >= 15 is 0 Å². The molecule has 1 aromatic heterocycles. The van der Waals surface area contributed by atoms with Crippen molar-refractivity contribution in [3.8, 4) is 0 Å². The lowest BCUT2D eigenvalue weighted by Crippen LogP contribution is -2.41. The lowest BCUT2D eigenvalue weighted by atomic mass is 9.83. The number of pyridine rings is 1. The molecule has 104 valence electrons. The van der Waals surface area contributed by atoms with E-state index in [4.69, 9.17) is 14.4 Å². The highest BCUT2D eigenvalue weighted by molar-refractivity contribution is 6.61. The first-order valence-electron chi connectivity index (χ1n) is 6.36. The molecule has 0 radical (unpaired) electrons. The monoisotopic (exact) mass is 265 g/mol. The Morgan fingerprint density at radius 3 is 2.05 bits per heavy atom. The van der Waals surface area contributed by atoms with Gasteiger partial charge in [0.05, 0.1) is 30.0 Å². The van der Waals surface area contributed by atoms with Crippen molar-refractivity contribution in [2.24, 2.45) is 0 Å². The van der Waals surface area contributed by atoms with E-state index in [2.05, 4.69) is 4.98 Å². The molecule has 2 rings (SSSR count).